The zero-order valence-corrected chi connectivity index (χ0v) is 24.5. The van der Waals surface area contributed by atoms with Crippen LogP contribution in [0.4, 0.5) is 14.4 Å². The number of ether oxygens (including phenoxy) is 2. The second kappa shape index (κ2) is 10.1. The van der Waals surface area contributed by atoms with Crippen molar-refractivity contribution in [1.29, 1.82) is 0 Å². The molecule has 12 nitrogen and oxygen atoms in total. The van der Waals surface area contributed by atoms with Crippen molar-refractivity contribution in [2.75, 3.05) is 26.2 Å². The summed E-state index contributed by atoms with van der Waals surface area (Å²) < 4.78 is 16.9. The summed E-state index contributed by atoms with van der Waals surface area (Å²) in [6.45, 7) is 12.9. The Hall–Kier alpha value is -3.02. The Balaban J connectivity index is 1.24. The molecule has 0 unspecified atom stereocenters. The predicted octanol–water partition coefficient (Wildman–Crippen LogP) is 4.57. The number of hydroxylamine groups is 2. The molecule has 4 fully saturated rings. The molecule has 1 aromatic heterocycles. The lowest BCUT2D eigenvalue weighted by Crippen LogP contribution is -2.51. The van der Waals surface area contributed by atoms with Crippen LogP contribution >= 0.6 is 0 Å². The summed E-state index contributed by atoms with van der Waals surface area (Å²) in [4.78, 5) is 43.5. The van der Waals surface area contributed by atoms with Crippen LogP contribution in [-0.2, 0) is 15.9 Å². The molecule has 1 aromatic rings. The third-order valence-electron chi connectivity index (χ3n) is 8.38. The number of carbonyl (C=O) groups is 3. The lowest BCUT2D eigenvalue weighted by atomic mass is 9.84. The van der Waals surface area contributed by atoms with Crippen molar-refractivity contribution in [3.8, 4) is 0 Å². The van der Waals surface area contributed by atoms with E-state index in [1.165, 1.54) is 0 Å². The first-order valence-electron chi connectivity index (χ1n) is 14.4. The largest absolute Gasteiger partial charge is 0.444 e. The summed E-state index contributed by atoms with van der Waals surface area (Å²) in [5.74, 6) is 0.620. The maximum atomic E-state index is 13.2. The Morgan fingerprint density at radius 2 is 1.77 bits per heavy atom. The van der Waals surface area contributed by atoms with E-state index in [1.54, 1.807) is 14.7 Å². The number of piperidine rings is 2. The number of hydrogen-bond acceptors (Lipinski definition) is 8. The average molecular weight is 562 g/mol. The Morgan fingerprint density at radius 3 is 2.38 bits per heavy atom. The van der Waals surface area contributed by atoms with E-state index >= 15 is 0 Å². The molecule has 4 amide bonds. The van der Waals surface area contributed by atoms with Crippen LogP contribution in [0.3, 0.4) is 0 Å². The summed E-state index contributed by atoms with van der Waals surface area (Å²) in [6, 6.07) is 1.01. The topological polar surface area (TPSA) is 129 Å². The van der Waals surface area contributed by atoms with E-state index < -0.39 is 17.3 Å². The van der Waals surface area contributed by atoms with Gasteiger partial charge in [0.1, 0.15) is 22.7 Å². The van der Waals surface area contributed by atoms with Crippen molar-refractivity contribution in [2.45, 2.75) is 109 Å². The summed E-state index contributed by atoms with van der Waals surface area (Å²) >= 11 is 0. The molecule has 4 heterocycles. The molecule has 4 aliphatic rings. The number of fused-ring (bicyclic) bond motifs is 3. The molecule has 40 heavy (non-hydrogen) atoms. The fourth-order valence-corrected chi connectivity index (χ4v) is 6.18. The van der Waals surface area contributed by atoms with E-state index in [2.05, 4.69) is 5.16 Å². The molecule has 2 atom stereocenters. The van der Waals surface area contributed by atoms with Crippen LogP contribution in [0.25, 0.3) is 0 Å². The van der Waals surface area contributed by atoms with Gasteiger partial charge in [0.25, 0.3) is 0 Å². The first-order chi connectivity index (χ1) is 18.7. The molecular formula is C28H43N5O7. The lowest BCUT2D eigenvalue weighted by molar-refractivity contribution is -0.0782. The number of carbonyl (C=O) groups excluding carboxylic acids is 3. The predicted molar refractivity (Wildman–Crippen MR) is 143 cm³/mol. The highest BCUT2D eigenvalue weighted by molar-refractivity contribution is 5.77. The zero-order valence-electron chi connectivity index (χ0n) is 24.5. The fraction of sp³-hybridized carbons (Fsp3) is 0.786. The van der Waals surface area contributed by atoms with Gasteiger partial charge in [-0.2, -0.15) is 0 Å². The number of hydrogen-bond donors (Lipinski definition) is 1. The van der Waals surface area contributed by atoms with Gasteiger partial charge in [-0.05, 0) is 79.1 Å². The summed E-state index contributed by atoms with van der Waals surface area (Å²) in [7, 11) is 0. The Morgan fingerprint density at radius 1 is 1.12 bits per heavy atom. The van der Waals surface area contributed by atoms with Gasteiger partial charge >= 0.3 is 18.2 Å². The molecule has 1 N–H and O–H groups in total. The number of urea groups is 1. The molecule has 0 radical (unpaired) electrons. The van der Waals surface area contributed by atoms with Crippen molar-refractivity contribution in [2.24, 2.45) is 5.41 Å². The fourth-order valence-electron chi connectivity index (χ4n) is 6.18. The molecule has 12 heteroatoms. The van der Waals surface area contributed by atoms with E-state index in [9.17, 15) is 19.6 Å². The van der Waals surface area contributed by atoms with Gasteiger partial charge in [-0.1, -0.05) is 5.16 Å². The second-order valence-corrected chi connectivity index (χ2v) is 13.7. The van der Waals surface area contributed by atoms with E-state index in [1.807, 2.05) is 47.6 Å². The van der Waals surface area contributed by atoms with E-state index in [0.29, 0.717) is 56.9 Å². The minimum atomic E-state index is -0.646. The maximum Gasteiger partial charge on any atom is 0.410 e. The van der Waals surface area contributed by atoms with Crippen LogP contribution in [0.1, 0.15) is 91.1 Å². The van der Waals surface area contributed by atoms with Crippen molar-refractivity contribution < 1.29 is 33.6 Å². The average Bonchev–Trinajstić information content (AvgIpc) is 3.35. The van der Waals surface area contributed by atoms with Gasteiger partial charge in [0, 0.05) is 44.7 Å². The minimum absolute atomic E-state index is 0.0388. The number of amides is 4. The van der Waals surface area contributed by atoms with Gasteiger partial charge in [-0.15, -0.1) is 0 Å². The summed E-state index contributed by atoms with van der Waals surface area (Å²) in [5, 5.41) is 15.5. The van der Waals surface area contributed by atoms with Crippen LogP contribution in [0, 0.1) is 5.41 Å². The summed E-state index contributed by atoms with van der Waals surface area (Å²) in [5.41, 5.74) is -0.572. The molecule has 1 spiro atoms. The summed E-state index contributed by atoms with van der Waals surface area (Å²) in [6.07, 6.45) is 3.66. The van der Waals surface area contributed by atoms with Crippen LogP contribution in [0.5, 0.6) is 0 Å². The van der Waals surface area contributed by atoms with Crippen molar-refractivity contribution >= 4 is 18.2 Å². The maximum absolute atomic E-state index is 13.2. The van der Waals surface area contributed by atoms with Crippen molar-refractivity contribution in [1.82, 2.24) is 24.9 Å². The zero-order chi connectivity index (χ0) is 29.0. The van der Waals surface area contributed by atoms with Gasteiger partial charge in [0.05, 0.1) is 12.1 Å². The molecule has 222 valence electrons. The quantitative estimate of drug-likeness (QED) is 0.518. The van der Waals surface area contributed by atoms with E-state index in [4.69, 9.17) is 14.0 Å². The van der Waals surface area contributed by atoms with Crippen molar-refractivity contribution in [3.63, 3.8) is 0 Å². The lowest BCUT2D eigenvalue weighted by Gasteiger charge is -2.39. The Bertz CT molecular complexity index is 1130. The van der Waals surface area contributed by atoms with Gasteiger partial charge in [0.15, 0.2) is 0 Å². The standard InChI is InChI=1S/C28H43N5O7/c1-26(2,3)38-24(35)30-12-7-18(8-13-30)31(25(36)39-27(4,5)6)14-9-19-15-20(29-40-19)21-16-28(10-11-28)22-17-32(21)23(34)33(22)37/h15,18,21-22,37H,7-14,16-17H2,1-6H3/t21-,22+/m0/s1. The van der Waals surface area contributed by atoms with Crippen molar-refractivity contribution in [3.05, 3.63) is 17.5 Å². The van der Waals surface area contributed by atoms with Crippen LogP contribution < -0.4 is 0 Å². The van der Waals surface area contributed by atoms with Gasteiger partial charge in [0.2, 0.25) is 0 Å². The molecule has 0 aromatic carbocycles. The molecule has 3 saturated heterocycles. The first-order valence-corrected chi connectivity index (χ1v) is 14.4. The molecule has 1 aliphatic carbocycles. The number of aromatic nitrogens is 1. The molecular weight excluding hydrogens is 518 g/mol. The third-order valence-corrected chi connectivity index (χ3v) is 8.38. The van der Waals surface area contributed by atoms with Crippen LogP contribution in [0.15, 0.2) is 10.6 Å². The Labute approximate surface area is 235 Å². The van der Waals surface area contributed by atoms with E-state index in [0.717, 1.165) is 24.3 Å². The van der Waals surface area contributed by atoms with Gasteiger partial charge in [-0.3, -0.25) is 5.21 Å². The smallest absolute Gasteiger partial charge is 0.410 e. The highest BCUT2D eigenvalue weighted by atomic mass is 16.6. The highest BCUT2D eigenvalue weighted by Crippen LogP contribution is 2.61. The second-order valence-electron chi connectivity index (χ2n) is 13.7. The number of nitrogens with zero attached hydrogens (tertiary/aromatic N) is 5. The van der Waals surface area contributed by atoms with Gasteiger partial charge < -0.3 is 28.7 Å². The molecule has 1 saturated carbocycles. The van der Waals surface area contributed by atoms with Crippen LogP contribution in [0.2, 0.25) is 0 Å². The minimum Gasteiger partial charge on any atom is -0.444 e. The van der Waals surface area contributed by atoms with Gasteiger partial charge in [-0.25, -0.2) is 19.4 Å². The molecule has 3 aliphatic heterocycles. The molecule has 2 bridgehead atoms. The number of rotatable bonds is 5. The first kappa shape index (κ1) is 28.5. The number of likely N-dealkylation sites (tertiary alicyclic amines) is 1. The SMILES string of the molecule is CC(C)(C)OC(=O)N1CCC(N(CCc2cc([C@@H]3CC4(CC4)[C@H]4CN3C(=O)N4O)no2)C(=O)OC(C)(C)C)CC1. The Kier molecular flexibility index (Phi) is 7.21. The van der Waals surface area contributed by atoms with E-state index in [-0.39, 0.29) is 35.7 Å². The third kappa shape index (κ3) is 5.87. The molecule has 5 rings (SSSR count). The van der Waals surface area contributed by atoms with Crippen LogP contribution in [-0.4, -0.2) is 97.8 Å². The normalized spacial score (nSPS) is 24.5. The highest BCUT2D eigenvalue weighted by Gasteiger charge is 2.63. The monoisotopic (exact) mass is 561 g/mol.